The predicted octanol–water partition coefficient (Wildman–Crippen LogP) is 2.23. The topological polar surface area (TPSA) is 54.2 Å². The molecule has 2 bridgehead atoms. The minimum absolute atomic E-state index is 0.640. The Morgan fingerprint density at radius 2 is 2.05 bits per heavy atom. The summed E-state index contributed by atoms with van der Waals surface area (Å²) in [7, 11) is 1.90. The van der Waals surface area contributed by atoms with E-state index in [1.54, 1.807) is 0 Å². The zero-order valence-electron chi connectivity index (χ0n) is 11.6. The molecule has 0 amide bonds. The third kappa shape index (κ3) is 1.33. The molecule has 5 nitrogen and oxygen atoms in total. The molecule has 3 fully saturated rings. The van der Waals surface area contributed by atoms with E-state index in [2.05, 4.69) is 20.6 Å². The monoisotopic (exact) mass is 269 g/mol. The van der Waals surface area contributed by atoms with Crippen molar-refractivity contribution >= 4 is 17.3 Å². The zero-order chi connectivity index (χ0) is 13.3. The molecule has 3 aliphatic rings. The molecular formula is C15H19N5. The van der Waals surface area contributed by atoms with E-state index in [0.717, 1.165) is 41.0 Å². The van der Waals surface area contributed by atoms with Gasteiger partial charge in [0, 0.05) is 25.5 Å². The van der Waals surface area contributed by atoms with Crippen LogP contribution >= 0.6 is 0 Å². The van der Waals surface area contributed by atoms with Crippen LogP contribution in [0.15, 0.2) is 18.6 Å². The Bertz CT molecular complexity index is 662. The molecule has 4 unspecified atom stereocenters. The maximum absolute atomic E-state index is 4.66. The first kappa shape index (κ1) is 10.9. The normalized spacial score (nSPS) is 37.1. The van der Waals surface area contributed by atoms with Crippen molar-refractivity contribution in [1.82, 2.24) is 14.4 Å². The second-order valence-corrected chi connectivity index (χ2v) is 6.54. The first-order valence-corrected chi connectivity index (χ1v) is 7.63. The lowest BCUT2D eigenvalue weighted by atomic mass is 10.0. The Kier molecular flexibility index (Phi) is 2.00. The number of fused-ring (bicyclic) bond motifs is 6. The predicted molar refractivity (Wildman–Crippen MR) is 77.8 cm³/mol. The van der Waals surface area contributed by atoms with Crippen LogP contribution in [0.3, 0.4) is 0 Å². The summed E-state index contributed by atoms with van der Waals surface area (Å²) in [5.74, 6) is 5.58. The lowest BCUT2D eigenvalue weighted by Crippen LogP contribution is -2.15. The molecular weight excluding hydrogens is 250 g/mol. The van der Waals surface area contributed by atoms with Crippen molar-refractivity contribution in [3.63, 3.8) is 0 Å². The van der Waals surface area contributed by atoms with Crippen LogP contribution in [0.1, 0.15) is 19.3 Å². The zero-order valence-corrected chi connectivity index (χ0v) is 11.6. The summed E-state index contributed by atoms with van der Waals surface area (Å²) in [6.07, 6.45) is 10.2. The Morgan fingerprint density at radius 3 is 2.80 bits per heavy atom. The molecule has 2 aromatic rings. The summed E-state index contributed by atoms with van der Waals surface area (Å²) >= 11 is 0. The Morgan fingerprint density at radius 1 is 1.25 bits per heavy atom. The lowest BCUT2D eigenvalue weighted by molar-refractivity contribution is 0.456. The quantitative estimate of drug-likeness (QED) is 0.897. The Hall–Kier alpha value is -1.78. The van der Waals surface area contributed by atoms with E-state index in [0.29, 0.717) is 6.04 Å². The van der Waals surface area contributed by atoms with Crippen LogP contribution in [0.2, 0.25) is 0 Å². The maximum atomic E-state index is 4.66. The summed E-state index contributed by atoms with van der Waals surface area (Å²) < 4.78 is 2.04. The summed E-state index contributed by atoms with van der Waals surface area (Å²) in [6.45, 7) is 0. The third-order valence-electron chi connectivity index (χ3n) is 5.67. The van der Waals surface area contributed by atoms with Gasteiger partial charge in [0.2, 0.25) is 0 Å². The number of aromatic nitrogens is 3. The van der Waals surface area contributed by atoms with Gasteiger partial charge in [-0.15, -0.1) is 0 Å². The number of imidazole rings is 1. The second kappa shape index (κ2) is 3.65. The molecule has 2 heterocycles. The highest BCUT2D eigenvalue weighted by Gasteiger charge is 2.65. The van der Waals surface area contributed by atoms with Crippen LogP contribution in [0.4, 0.5) is 11.6 Å². The van der Waals surface area contributed by atoms with Crippen molar-refractivity contribution in [3.05, 3.63) is 18.6 Å². The second-order valence-electron chi connectivity index (χ2n) is 6.54. The van der Waals surface area contributed by atoms with E-state index < -0.39 is 0 Å². The molecule has 5 rings (SSSR count). The first-order valence-electron chi connectivity index (χ1n) is 7.63. The maximum Gasteiger partial charge on any atom is 0.180 e. The Balaban J connectivity index is 1.48. The van der Waals surface area contributed by atoms with Crippen molar-refractivity contribution < 1.29 is 0 Å². The SMILES string of the molecule is CNc1cn2ccnc2c(NC2C3C4CCC(C4)C23)n1. The fourth-order valence-electron chi connectivity index (χ4n) is 4.83. The molecule has 4 atom stereocenters. The number of hydrogen-bond donors (Lipinski definition) is 2. The van der Waals surface area contributed by atoms with E-state index in [1.165, 1.54) is 19.3 Å². The van der Waals surface area contributed by atoms with Crippen LogP contribution in [-0.4, -0.2) is 27.5 Å². The van der Waals surface area contributed by atoms with E-state index in [4.69, 9.17) is 0 Å². The van der Waals surface area contributed by atoms with Crippen molar-refractivity contribution in [3.8, 4) is 0 Å². The van der Waals surface area contributed by atoms with Gasteiger partial charge in [0.1, 0.15) is 5.82 Å². The standard InChI is InChI=1S/C15H19N5/c1-16-10-7-20-5-4-17-15(20)14(18-10)19-13-11-8-2-3-9(6-8)12(11)13/h4-5,7-9,11-13,16H,2-3,6H2,1H3,(H,18,19). The molecule has 5 heteroatoms. The van der Waals surface area contributed by atoms with Gasteiger partial charge >= 0.3 is 0 Å². The van der Waals surface area contributed by atoms with Crippen LogP contribution in [-0.2, 0) is 0 Å². The minimum atomic E-state index is 0.640. The molecule has 2 aromatic heterocycles. The number of nitrogens with zero attached hydrogens (tertiary/aromatic N) is 3. The largest absolute Gasteiger partial charge is 0.372 e. The molecule has 20 heavy (non-hydrogen) atoms. The van der Waals surface area contributed by atoms with Crippen LogP contribution in [0.5, 0.6) is 0 Å². The van der Waals surface area contributed by atoms with Crippen molar-refractivity contribution in [2.75, 3.05) is 17.7 Å². The molecule has 3 aliphatic carbocycles. The van der Waals surface area contributed by atoms with Gasteiger partial charge in [0.15, 0.2) is 11.5 Å². The highest BCUT2D eigenvalue weighted by atomic mass is 15.2. The van der Waals surface area contributed by atoms with Crippen molar-refractivity contribution in [1.29, 1.82) is 0 Å². The summed E-state index contributed by atoms with van der Waals surface area (Å²) in [5.41, 5.74) is 0.932. The van der Waals surface area contributed by atoms with Gasteiger partial charge in [-0.25, -0.2) is 9.97 Å². The lowest BCUT2D eigenvalue weighted by Gasteiger charge is -2.13. The van der Waals surface area contributed by atoms with Gasteiger partial charge in [-0.3, -0.25) is 0 Å². The highest BCUT2D eigenvalue weighted by Crippen LogP contribution is 2.66. The fourth-order valence-corrected chi connectivity index (χ4v) is 4.83. The van der Waals surface area contributed by atoms with Gasteiger partial charge in [-0.05, 0) is 42.9 Å². The van der Waals surface area contributed by atoms with Crippen LogP contribution < -0.4 is 10.6 Å². The van der Waals surface area contributed by atoms with Crippen molar-refractivity contribution in [2.45, 2.75) is 25.3 Å². The van der Waals surface area contributed by atoms with Gasteiger partial charge in [-0.1, -0.05) is 0 Å². The molecule has 104 valence electrons. The number of hydrogen-bond acceptors (Lipinski definition) is 4. The molecule has 2 N–H and O–H groups in total. The average Bonchev–Trinajstić information content (AvgIpc) is 2.92. The smallest absolute Gasteiger partial charge is 0.180 e. The van der Waals surface area contributed by atoms with Gasteiger partial charge < -0.3 is 15.0 Å². The van der Waals surface area contributed by atoms with Gasteiger partial charge in [0.25, 0.3) is 0 Å². The number of anilines is 2. The molecule has 0 radical (unpaired) electrons. The van der Waals surface area contributed by atoms with Crippen LogP contribution in [0, 0.1) is 23.7 Å². The summed E-state index contributed by atoms with van der Waals surface area (Å²) in [6, 6.07) is 0.640. The highest BCUT2D eigenvalue weighted by molar-refractivity contribution is 5.66. The molecule has 0 aliphatic heterocycles. The number of rotatable bonds is 3. The summed E-state index contributed by atoms with van der Waals surface area (Å²) in [4.78, 5) is 9.10. The van der Waals surface area contributed by atoms with Gasteiger partial charge in [0.05, 0.1) is 6.20 Å². The molecule has 0 spiro atoms. The number of nitrogens with one attached hydrogen (secondary N) is 2. The van der Waals surface area contributed by atoms with Crippen molar-refractivity contribution in [2.24, 2.45) is 23.7 Å². The van der Waals surface area contributed by atoms with E-state index in [1.807, 2.05) is 30.0 Å². The summed E-state index contributed by atoms with van der Waals surface area (Å²) in [5, 5.41) is 6.81. The first-order chi connectivity index (χ1) is 9.85. The molecule has 0 saturated heterocycles. The fraction of sp³-hybridized carbons (Fsp3) is 0.600. The Labute approximate surface area is 117 Å². The molecule has 3 saturated carbocycles. The van der Waals surface area contributed by atoms with Gasteiger partial charge in [-0.2, -0.15) is 0 Å². The van der Waals surface area contributed by atoms with Crippen LogP contribution in [0.25, 0.3) is 5.65 Å². The van der Waals surface area contributed by atoms with E-state index in [-0.39, 0.29) is 0 Å². The van der Waals surface area contributed by atoms with E-state index >= 15 is 0 Å². The van der Waals surface area contributed by atoms with E-state index in [9.17, 15) is 0 Å². The average molecular weight is 269 g/mol. The molecule has 0 aromatic carbocycles. The third-order valence-corrected chi connectivity index (χ3v) is 5.67. The minimum Gasteiger partial charge on any atom is -0.372 e.